The molecule has 3 atom stereocenters. The van der Waals surface area contributed by atoms with E-state index in [1.165, 1.54) is 0 Å². The molecular formula is C32H38N2O7S. The number of carbonyl (C=O) groups is 2. The van der Waals surface area contributed by atoms with Crippen LogP contribution in [0.15, 0.2) is 72.8 Å². The number of benzene rings is 3. The third kappa shape index (κ3) is 9.38. The maximum atomic E-state index is 12.1. The van der Waals surface area contributed by atoms with Crippen molar-refractivity contribution < 1.29 is 34.5 Å². The first-order valence-electron chi connectivity index (χ1n) is 14.1. The highest BCUT2D eigenvalue weighted by molar-refractivity contribution is 7.99. The number of thioether (sulfide) groups is 1. The Morgan fingerprint density at radius 3 is 2.31 bits per heavy atom. The smallest absolute Gasteiger partial charge is 0.243 e. The summed E-state index contributed by atoms with van der Waals surface area (Å²) in [5.41, 5.74) is 7.34. The number of nitrogens with one attached hydrogen (secondary N) is 2. The molecule has 1 fully saturated rings. The summed E-state index contributed by atoms with van der Waals surface area (Å²) < 4.78 is 12.8. The predicted octanol–water partition coefficient (Wildman–Crippen LogP) is 4.41. The minimum atomic E-state index is -0.542. The Bertz CT molecular complexity index is 1290. The summed E-state index contributed by atoms with van der Waals surface area (Å²) in [4.78, 5) is 23.2. The van der Waals surface area contributed by atoms with Gasteiger partial charge >= 0.3 is 0 Å². The molecule has 4 rings (SSSR count). The van der Waals surface area contributed by atoms with Crippen molar-refractivity contribution >= 4 is 23.6 Å². The molecule has 0 aromatic heterocycles. The average Bonchev–Trinajstić information content (AvgIpc) is 3.04. The molecule has 0 saturated carbocycles. The number of hydrogen-bond acceptors (Lipinski definition) is 8. The molecule has 1 aliphatic rings. The topological polar surface area (TPSA) is 137 Å². The Morgan fingerprint density at radius 2 is 1.60 bits per heavy atom. The van der Waals surface area contributed by atoms with Crippen molar-refractivity contribution in [3.63, 3.8) is 0 Å². The molecule has 9 nitrogen and oxygen atoms in total. The summed E-state index contributed by atoms with van der Waals surface area (Å²) in [7, 11) is 0. The molecule has 0 aliphatic carbocycles. The lowest BCUT2D eigenvalue weighted by Crippen LogP contribution is -2.31. The fourth-order valence-corrected chi connectivity index (χ4v) is 5.52. The van der Waals surface area contributed by atoms with E-state index in [9.17, 15) is 19.8 Å². The van der Waals surface area contributed by atoms with Gasteiger partial charge in [-0.05, 0) is 40.3 Å². The van der Waals surface area contributed by atoms with Crippen molar-refractivity contribution in [2.75, 3.05) is 18.1 Å². The van der Waals surface area contributed by atoms with Crippen LogP contribution in [0.1, 0.15) is 60.3 Å². The average molecular weight is 595 g/mol. The molecule has 0 bridgehead atoms. The Balaban J connectivity index is 1.40. The van der Waals surface area contributed by atoms with Crippen LogP contribution in [0.25, 0.3) is 11.1 Å². The van der Waals surface area contributed by atoms with Crippen LogP contribution in [0.2, 0.25) is 0 Å². The highest BCUT2D eigenvalue weighted by atomic mass is 32.2. The molecule has 1 aliphatic heterocycles. The van der Waals surface area contributed by atoms with Crippen molar-refractivity contribution in [1.29, 1.82) is 0 Å². The Hall–Kier alpha value is -3.25. The molecule has 10 heteroatoms. The van der Waals surface area contributed by atoms with Gasteiger partial charge in [0.1, 0.15) is 0 Å². The van der Waals surface area contributed by atoms with E-state index >= 15 is 0 Å². The van der Waals surface area contributed by atoms with E-state index in [0.29, 0.717) is 25.1 Å². The summed E-state index contributed by atoms with van der Waals surface area (Å²) >= 11 is 1.66. The lowest BCUT2D eigenvalue weighted by Gasteiger charge is -2.36. The summed E-state index contributed by atoms with van der Waals surface area (Å²) in [5, 5.41) is 30.0. The van der Waals surface area contributed by atoms with Gasteiger partial charge in [0.2, 0.25) is 11.8 Å². The lowest BCUT2D eigenvalue weighted by molar-refractivity contribution is -0.245. The normalized spacial score (nSPS) is 18.4. The fraction of sp³-hybridized carbons (Fsp3) is 0.375. The van der Waals surface area contributed by atoms with Crippen molar-refractivity contribution in [3.05, 3.63) is 95.1 Å². The zero-order valence-corrected chi connectivity index (χ0v) is 24.2. The summed E-state index contributed by atoms with van der Waals surface area (Å²) in [5.74, 6) is 0.750. The molecule has 3 aromatic rings. The van der Waals surface area contributed by atoms with Gasteiger partial charge in [-0.2, -0.15) is 11.8 Å². The van der Waals surface area contributed by atoms with Crippen molar-refractivity contribution in [1.82, 2.24) is 10.8 Å². The van der Waals surface area contributed by atoms with E-state index in [0.717, 1.165) is 39.1 Å². The van der Waals surface area contributed by atoms with E-state index < -0.39 is 12.2 Å². The zero-order chi connectivity index (χ0) is 29.7. The molecule has 0 radical (unpaired) electrons. The first kappa shape index (κ1) is 31.7. The second-order valence-electron chi connectivity index (χ2n) is 10.1. The molecule has 2 amide bonds. The number of hydrogen-bond donors (Lipinski definition) is 5. The predicted molar refractivity (Wildman–Crippen MR) is 160 cm³/mol. The molecule has 42 heavy (non-hydrogen) atoms. The largest absolute Gasteiger partial charge is 0.396 e. The van der Waals surface area contributed by atoms with Crippen LogP contribution in [-0.4, -0.2) is 51.5 Å². The lowest BCUT2D eigenvalue weighted by atomic mass is 9.99. The quantitative estimate of drug-likeness (QED) is 0.105. The van der Waals surface area contributed by atoms with Gasteiger partial charge in [0, 0.05) is 42.9 Å². The van der Waals surface area contributed by atoms with Crippen molar-refractivity contribution in [2.45, 2.75) is 57.3 Å². The van der Waals surface area contributed by atoms with Gasteiger partial charge in [-0.15, -0.1) is 0 Å². The summed E-state index contributed by atoms with van der Waals surface area (Å²) in [6.45, 7) is 0.496. The third-order valence-electron chi connectivity index (χ3n) is 7.02. The van der Waals surface area contributed by atoms with E-state index in [1.807, 2.05) is 72.8 Å². The highest BCUT2D eigenvalue weighted by Gasteiger charge is 2.32. The van der Waals surface area contributed by atoms with Crippen LogP contribution >= 0.6 is 11.8 Å². The SMILES string of the molecule is O=C(CCCC(=O)NCc1cccc(-c2ccc([C@@H]3O[C@H](CSCCO)C[C@H](c4ccc(CO)cc4)O3)cc2)c1)NO. The van der Waals surface area contributed by atoms with Gasteiger partial charge in [0.25, 0.3) is 0 Å². The number of carbonyl (C=O) groups excluding carboxylic acids is 2. The first-order chi connectivity index (χ1) is 20.5. The number of amides is 2. The molecule has 224 valence electrons. The van der Waals surface area contributed by atoms with E-state index in [1.54, 1.807) is 17.2 Å². The molecule has 3 aromatic carbocycles. The van der Waals surface area contributed by atoms with Crippen molar-refractivity contribution in [3.8, 4) is 11.1 Å². The van der Waals surface area contributed by atoms with Gasteiger partial charge in [-0.1, -0.05) is 66.7 Å². The number of rotatable bonds is 14. The third-order valence-corrected chi connectivity index (χ3v) is 8.10. The van der Waals surface area contributed by atoms with Gasteiger partial charge in [0.05, 0.1) is 25.4 Å². The van der Waals surface area contributed by atoms with Gasteiger partial charge in [-0.25, -0.2) is 5.48 Å². The Morgan fingerprint density at radius 1 is 0.857 bits per heavy atom. The summed E-state index contributed by atoms with van der Waals surface area (Å²) in [6.07, 6.45) is 0.616. The molecule has 0 unspecified atom stereocenters. The molecule has 5 N–H and O–H groups in total. The van der Waals surface area contributed by atoms with E-state index in [2.05, 4.69) is 5.32 Å². The van der Waals surface area contributed by atoms with Crippen LogP contribution in [0, 0.1) is 0 Å². The zero-order valence-electron chi connectivity index (χ0n) is 23.4. The first-order valence-corrected chi connectivity index (χ1v) is 15.2. The van der Waals surface area contributed by atoms with Crippen LogP contribution in [0.4, 0.5) is 0 Å². The standard InChI is InChI=1S/C32H38N2O7S/c35-15-16-42-21-28-18-29(25-9-7-22(20-36)8-10-25)41-32(40-28)26-13-11-24(12-14-26)27-4-1-3-23(17-27)19-33-30(37)5-2-6-31(38)34-39/h1,3-4,7-14,17,28-29,32,35-36,39H,2,5-6,15-16,18-21H2,(H,33,37)(H,34,38)/t28-,29+,32+/m0/s1. The maximum absolute atomic E-state index is 12.1. The van der Waals surface area contributed by atoms with E-state index in [-0.39, 0.29) is 44.2 Å². The number of ether oxygens (including phenoxy) is 2. The highest BCUT2D eigenvalue weighted by Crippen LogP contribution is 2.39. The van der Waals surface area contributed by atoms with Gasteiger partial charge in [-0.3, -0.25) is 14.8 Å². The van der Waals surface area contributed by atoms with Gasteiger partial charge < -0.3 is 25.0 Å². The van der Waals surface area contributed by atoms with Crippen LogP contribution < -0.4 is 10.8 Å². The minimum Gasteiger partial charge on any atom is -0.396 e. The molecule has 0 spiro atoms. The van der Waals surface area contributed by atoms with Crippen LogP contribution in [0.5, 0.6) is 0 Å². The minimum absolute atomic E-state index is 0.00471. The Kier molecular flexibility index (Phi) is 12.4. The van der Waals surface area contributed by atoms with Gasteiger partial charge in [0.15, 0.2) is 6.29 Å². The number of hydroxylamine groups is 1. The van der Waals surface area contributed by atoms with Crippen LogP contribution in [0.3, 0.4) is 0 Å². The Labute approximate surface area is 250 Å². The second-order valence-corrected chi connectivity index (χ2v) is 11.3. The maximum Gasteiger partial charge on any atom is 0.243 e. The van der Waals surface area contributed by atoms with Crippen LogP contribution in [-0.2, 0) is 32.2 Å². The molecule has 1 saturated heterocycles. The molecule has 1 heterocycles. The number of aliphatic hydroxyl groups excluding tert-OH is 2. The monoisotopic (exact) mass is 594 g/mol. The van der Waals surface area contributed by atoms with Crippen molar-refractivity contribution in [2.24, 2.45) is 0 Å². The second kappa shape index (κ2) is 16.4. The molecular weight excluding hydrogens is 556 g/mol. The fourth-order valence-electron chi connectivity index (χ4n) is 4.75. The number of aliphatic hydroxyl groups is 2. The van der Waals surface area contributed by atoms with E-state index in [4.69, 9.17) is 14.7 Å². The summed E-state index contributed by atoms with van der Waals surface area (Å²) in [6, 6.07) is 23.8.